The molecule has 0 aliphatic carbocycles. The summed E-state index contributed by atoms with van der Waals surface area (Å²) in [5.41, 5.74) is 4.70. The SMILES string of the molecule is Cc1ccc(N2C(=O)CN(c3ccccc3C)C(=O)C2c2cccs2)c(C)c1. The van der Waals surface area contributed by atoms with Crippen LogP contribution in [0.25, 0.3) is 0 Å². The molecule has 1 aliphatic rings. The molecule has 0 spiro atoms. The highest BCUT2D eigenvalue weighted by molar-refractivity contribution is 7.10. The van der Waals surface area contributed by atoms with Crippen LogP contribution in [0, 0.1) is 20.8 Å². The minimum Gasteiger partial charge on any atom is -0.301 e. The van der Waals surface area contributed by atoms with Crippen molar-refractivity contribution in [3.8, 4) is 0 Å². The summed E-state index contributed by atoms with van der Waals surface area (Å²) < 4.78 is 0. The van der Waals surface area contributed by atoms with Gasteiger partial charge in [0.15, 0.2) is 6.04 Å². The highest BCUT2D eigenvalue weighted by atomic mass is 32.1. The molecule has 5 heteroatoms. The quantitative estimate of drug-likeness (QED) is 0.645. The lowest BCUT2D eigenvalue weighted by atomic mass is 10.0. The van der Waals surface area contributed by atoms with Crippen molar-refractivity contribution < 1.29 is 9.59 Å². The zero-order valence-electron chi connectivity index (χ0n) is 16.2. The first kappa shape index (κ1) is 18.4. The van der Waals surface area contributed by atoms with Gasteiger partial charge in [-0.25, -0.2) is 0 Å². The maximum atomic E-state index is 13.6. The van der Waals surface area contributed by atoms with Gasteiger partial charge in [-0.3, -0.25) is 14.5 Å². The smallest absolute Gasteiger partial charge is 0.256 e. The van der Waals surface area contributed by atoms with Crippen molar-refractivity contribution >= 4 is 34.5 Å². The molecule has 0 radical (unpaired) electrons. The van der Waals surface area contributed by atoms with Crippen LogP contribution < -0.4 is 9.80 Å². The molecule has 0 N–H and O–H groups in total. The monoisotopic (exact) mass is 390 g/mol. The van der Waals surface area contributed by atoms with Crippen LogP contribution in [0.5, 0.6) is 0 Å². The summed E-state index contributed by atoms with van der Waals surface area (Å²) in [5.74, 6) is -0.149. The molecular weight excluding hydrogens is 368 g/mol. The molecule has 2 heterocycles. The van der Waals surface area contributed by atoms with E-state index in [1.165, 1.54) is 11.3 Å². The lowest BCUT2D eigenvalue weighted by molar-refractivity contribution is -0.128. The molecule has 1 aromatic heterocycles. The van der Waals surface area contributed by atoms with E-state index in [4.69, 9.17) is 0 Å². The molecule has 0 bridgehead atoms. The molecule has 1 aliphatic heterocycles. The Morgan fingerprint density at radius 2 is 1.68 bits per heavy atom. The van der Waals surface area contributed by atoms with E-state index in [1.54, 1.807) is 9.80 Å². The predicted octanol–water partition coefficient (Wildman–Crippen LogP) is 4.79. The summed E-state index contributed by atoms with van der Waals surface area (Å²) in [6, 6.07) is 16.9. The lowest BCUT2D eigenvalue weighted by Crippen LogP contribution is -2.56. The largest absolute Gasteiger partial charge is 0.301 e. The van der Waals surface area contributed by atoms with Crippen molar-refractivity contribution in [1.82, 2.24) is 0 Å². The molecular formula is C23H22N2O2S. The van der Waals surface area contributed by atoms with Gasteiger partial charge in [0.1, 0.15) is 6.54 Å². The van der Waals surface area contributed by atoms with Crippen molar-refractivity contribution in [1.29, 1.82) is 0 Å². The summed E-state index contributed by atoms with van der Waals surface area (Å²) in [6.07, 6.45) is 0. The highest BCUT2D eigenvalue weighted by Gasteiger charge is 2.43. The Kier molecular flexibility index (Phi) is 4.77. The van der Waals surface area contributed by atoms with Gasteiger partial charge in [-0.05, 0) is 55.5 Å². The summed E-state index contributed by atoms with van der Waals surface area (Å²) in [6.45, 7) is 6.01. The van der Waals surface area contributed by atoms with Crippen LogP contribution in [0.15, 0.2) is 60.0 Å². The molecule has 1 atom stereocenters. The number of nitrogens with zero attached hydrogens (tertiary/aromatic N) is 2. The second kappa shape index (κ2) is 7.24. The number of benzene rings is 2. The van der Waals surface area contributed by atoms with Crippen molar-refractivity contribution in [2.24, 2.45) is 0 Å². The number of carbonyl (C=O) groups excluding carboxylic acids is 2. The Labute approximate surface area is 169 Å². The zero-order valence-corrected chi connectivity index (χ0v) is 17.0. The van der Waals surface area contributed by atoms with Crippen molar-refractivity contribution in [3.05, 3.63) is 81.5 Å². The molecule has 1 fully saturated rings. The number of thiophene rings is 1. The minimum absolute atomic E-state index is 0.0406. The van der Waals surface area contributed by atoms with Gasteiger partial charge in [0.2, 0.25) is 5.91 Å². The van der Waals surface area contributed by atoms with Gasteiger partial charge in [0.05, 0.1) is 0 Å². The van der Waals surface area contributed by atoms with Crippen LogP contribution >= 0.6 is 11.3 Å². The van der Waals surface area contributed by atoms with Gasteiger partial charge in [-0.15, -0.1) is 11.3 Å². The maximum absolute atomic E-state index is 13.6. The van der Waals surface area contributed by atoms with E-state index in [-0.39, 0.29) is 18.4 Å². The fraction of sp³-hybridized carbons (Fsp3) is 0.217. The molecule has 142 valence electrons. The van der Waals surface area contributed by atoms with E-state index in [0.717, 1.165) is 32.9 Å². The summed E-state index contributed by atoms with van der Waals surface area (Å²) in [4.78, 5) is 31.1. The fourth-order valence-corrected chi connectivity index (χ4v) is 4.61. The van der Waals surface area contributed by atoms with Crippen LogP contribution in [-0.4, -0.2) is 18.4 Å². The van der Waals surface area contributed by atoms with Gasteiger partial charge in [0, 0.05) is 16.3 Å². The second-order valence-electron chi connectivity index (χ2n) is 7.18. The second-order valence-corrected chi connectivity index (χ2v) is 8.16. The van der Waals surface area contributed by atoms with E-state index in [1.807, 2.05) is 80.7 Å². The normalized spacial score (nSPS) is 17.3. The van der Waals surface area contributed by atoms with E-state index in [2.05, 4.69) is 0 Å². The molecule has 4 nitrogen and oxygen atoms in total. The average Bonchev–Trinajstić information content (AvgIpc) is 3.18. The third kappa shape index (κ3) is 3.12. The number of hydrogen-bond acceptors (Lipinski definition) is 3. The number of amides is 2. The van der Waals surface area contributed by atoms with Gasteiger partial charge < -0.3 is 4.90 Å². The number of para-hydroxylation sites is 1. The van der Waals surface area contributed by atoms with Crippen LogP contribution in [0.2, 0.25) is 0 Å². The number of anilines is 2. The van der Waals surface area contributed by atoms with Gasteiger partial charge >= 0.3 is 0 Å². The Bertz CT molecular complexity index is 1040. The minimum atomic E-state index is -0.651. The standard InChI is InChI=1S/C23H22N2O2S/c1-15-10-11-19(17(3)13-15)25-21(26)14-24(18-8-5-4-7-16(18)2)23(27)22(25)20-9-6-12-28-20/h4-13,22H,14H2,1-3H3. The third-order valence-electron chi connectivity index (χ3n) is 5.15. The molecule has 1 saturated heterocycles. The van der Waals surface area contributed by atoms with E-state index >= 15 is 0 Å². The zero-order chi connectivity index (χ0) is 19.8. The molecule has 0 saturated carbocycles. The summed E-state index contributed by atoms with van der Waals surface area (Å²) in [7, 11) is 0. The van der Waals surface area contributed by atoms with Crippen LogP contribution in [0.1, 0.15) is 27.6 Å². The molecule has 4 rings (SSSR count). The summed E-state index contributed by atoms with van der Waals surface area (Å²) >= 11 is 1.50. The first-order valence-electron chi connectivity index (χ1n) is 9.27. The first-order valence-corrected chi connectivity index (χ1v) is 10.1. The average molecular weight is 391 g/mol. The Morgan fingerprint density at radius 1 is 0.893 bits per heavy atom. The van der Waals surface area contributed by atoms with E-state index in [0.29, 0.717) is 0 Å². The number of carbonyl (C=O) groups is 2. The van der Waals surface area contributed by atoms with Crippen LogP contribution in [0.4, 0.5) is 11.4 Å². The summed E-state index contributed by atoms with van der Waals surface area (Å²) in [5, 5.41) is 1.94. The molecule has 2 aromatic carbocycles. The molecule has 1 unspecified atom stereocenters. The van der Waals surface area contributed by atoms with Crippen LogP contribution in [-0.2, 0) is 9.59 Å². The van der Waals surface area contributed by atoms with Crippen molar-refractivity contribution in [2.75, 3.05) is 16.3 Å². The maximum Gasteiger partial charge on any atom is 0.256 e. The van der Waals surface area contributed by atoms with Gasteiger partial charge in [-0.1, -0.05) is 42.0 Å². The van der Waals surface area contributed by atoms with Crippen molar-refractivity contribution in [3.63, 3.8) is 0 Å². The Hall–Kier alpha value is -2.92. The Balaban J connectivity index is 1.83. The number of hydrogen-bond donors (Lipinski definition) is 0. The van der Waals surface area contributed by atoms with E-state index in [9.17, 15) is 9.59 Å². The topological polar surface area (TPSA) is 40.6 Å². The number of aryl methyl sites for hydroxylation is 3. The third-order valence-corrected chi connectivity index (χ3v) is 6.08. The first-order chi connectivity index (χ1) is 13.5. The Morgan fingerprint density at radius 3 is 2.36 bits per heavy atom. The molecule has 2 amide bonds. The van der Waals surface area contributed by atoms with Crippen molar-refractivity contribution in [2.45, 2.75) is 26.8 Å². The molecule has 3 aromatic rings. The number of rotatable bonds is 3. The van der Waals surface area contributed by atoms with Gasteiger partial charge in [-0.2, -0.15) is 0 Å². The predicted molar refractivity (Wildman–Crippen MR) is 114 cm³/mol. The van der Waals surface area contributed by atoms with Crippen LogP contribution in [0.3, 0.4) is 0 Å². The van der Waals surface area contributed by atoms with E-state index < -0.39 is 6.04 Å². The van der Waals surface area contributed by atoms with Gasteiger partial charge in [0.25, 0.3) is 5.91 Å². The fourth-order valence-electron chi connectivity index (χ4n) is 3.81. The molecule has 28 heavy (non-hydrogen) atoms. The lowest BCUT2D eigenvalue weighted by Gasteiger charge is -2.40. The highest BCUT2D eigenvalue weighted by Crippen LogP contribution is 2.38. The number of piperazine rings is 1.